The molecule has 0 amide bonds. The summed E-state index contributed by atoms with van der Waals surface area (Å²) in [6.45, 7) is 5.44. The van der Waals surface area contributed by atoms with Crippen molar-refractivity contribution in [2.75, 3.05) is 0 Å². The third-order valence-electron chi connectivity index (χ3n) is 3.08. The molecule has 0 radical (unpaired) electrons. The van der Waals surface area contributed by atoms with Gasteiger partial charge in [0.2, 0.25) is 0 Å². The molecular weight excluding hydrogens is 350 g/mol. The Bertz CT molecular complexity index is 711. The van der Waals surface area contributed by atoms with Crippen molar-refractivity contribution in [3.63, 3.8) is 0 Å². The predicted octanol–water partition coefficient (Wildman–Crippen LogP) is 1.18. The van der Waals surface area contributed by atoms with Gasteiger partial charge in [-0.25, -0.2) is 13.2 Å². The highest BCUT2D eigenvalue weighted by atomic mass is 32.2. The number of hydrogen-bond donors (Lipinski definition) is 2. The lowest BCUT2D eigenvalue weighted by Crippen LogP contribution is -2.40. The van der Waals surface area contributed by atoms with Gasteiger partial charge in [0.15, 0.2) is 10.1 Å². The number of esters is 1. The van der Waals surface area contributed by atoms with Crippen LogP contribution in [0.25, 0.3) is 0 Å². The molecule has 0 atom stereocenters. The van der Waals surface area contributed by atoms with Crippen molar-refractivity contribution in [2.45, 2.75) is 44.2 Å². The molecule has 1 aromatic carbocycles. The van der Waals surface area contributed by atoms with E-state index in [4.69, 9.17) is 0 Å². The van der Waals surface area contributed by atoms with Gasteiger partial charge < -0.3 is 19.5 Å². The molecule has 0 saturated heterocycles. The molecule has 0 spiro atoms. The van der Waals surface area contributed by atoms with Crippen molar-refractivity contribution in [3.8, 4) is 5.75 Å². The highest BCUT2D eigenvalue weighted by Gasteiger charge is 2.49. The Morgan fingerprint density at radius 2 is 1.42 bits per heavy atom. The van der Waals surface area contributed by atoms with Gasteiger partial charge >= 0.3 is 11.2 Å². The summed E-state index contributed by atoms with van der Waals surface area (Å²) in [5.74, 6) is -3.13. The Balaban J connectivity index is 3.37. The fourth-order valence-corrected chi connectivity index (χ4v) is 1.88. The van der Waals surface area contributed by atoms with Crippen molar-refractivity contribution in [2.24, 2.45) is 0 Å². The first-order valence-electron chi connectivity index (χ1n) is 6.62. The van der Waals surface area contributed by atoms with Crippen LogP contribution in [0, 0.1) is 0 Å². The molecule has 0 saturated carbocycles. The first-order chi connectivity index (χ1) is 10.5. The van der Waals surface area contributed by atoms with Crippen LogP contribution in [0.3, 0.4) is 0 Å². The largest absolute Gasteiger partial charge is 0.743 e. The Morgan fingerprint density at radius 3 is 1.71 bits per heavy atom. The van der Waals surface area contributed by atoms with Gasteiger partial charge in [0.25, 0.3) is 0 Å². The number of carbonyl (C=O) groups excluding carboxylic acids is 1. The number of hydrogen-bond acceptors (Lipinski definition) is 7. The van der Waals surface area contributed by atoms with Crippen molar-refractivity contribution in [1.82, 2.24) is 0 Å². The van der Waals surface area contributed by atoms with Crippen LogP contribution < -0.4 is 4.74 Å². The SMILES string of the molecule is CC(C)(O)c1cc(OC(=O)C(F)(F)S(=O)(=O)[O-])cc(C(C)(C)O)c1. The number of aliphatic hydroxyl groups is 2. The van der Waals surface area contributed by atoms with E-state index >= 15 is 0 Å². The van der Waals surface area contributed by atoms with Crippen molar-refractivity contribution >= 4 is 16.1 Å². The molecule has 0 aliphatic rings. The second-order valence-corrected chi connectivity index (χ2v) is 7.65. The predicted molar refractivity (Wildman–Crippen MR) is 77.2 cm³/mol. The number of halogens is 2. The van der Waals surface area contributed by atoms with Gasteiger partial charge in [-0.05, 0) is 57.0 Å². The second kappa shape index (κ2) is 6.03. The summed E-state index contributed by atoms with van der Waals surface area (Å²) in [5, 5.41) is 14.8. The van der Waals surface area contributed by atoms with E-state index in [1.165, 1.54) is 33.8 Å². The Hall–Kier alpha value is -1.62. The van der Waals surface area contributed by atoms with E-state index < -0.39 is 38.3 Å². The number of benzene rings is 1. The van der Waals surface area contributed by atoms with Crippen molar-refractivity contribution < 1.29 is 41.5 Å². The molecule has 24 heavy (non-hydrogen) atoms. The molecule has 2 N–H and O–H groups in total. The summed E-state index contributed by atoms with van der Waals surface area (Å²) in [6.07, 6.45) is 0. The minimum atomic E-state index is -6.26. The third-order valence-corrected chi connectivity index (χ3v) is 3.88. The van der Waals surface area contributed by atoms with E-state index in [1.807, 2.05) is 0 Å². The summed E-state index contributed by atoms with van der Waals surface area (Å²) in [6, 6.07) is 3.39. The van der Waals surface area contributed by atoms with E-state index in [0.717, 1.165) is 12.1 Å². The van der Waals surface area contributed by atoms with Gasteiger partial charge in [0, 0.05) is 0 Å². The summed E-state index contributed by atoms with van der Waals surface area (Å²) >= 11 is 0. The average Bonchev–Trinajstić information content (AvgIpc) is 2.34. The highest BCUT2D eigenvalue weighted by Crippen LogP contribution is 2.32. The maximum absolute atomic E-state index is 13.2. The highest BCUT2D eigenvalue weighted by molar-refractivity contribution is 7.87. The van der Waals surface area contributed by atoms with E-state index in [2.05, 4.69) is 4.74 Å². The van der Waals surface area contributed by atoms with Crippen LogP contribution in [-0.4, -0.2) is 34.4 Å². The Morgan fingerprint density at radius 1 is 1.04 bits per heavy atom. The first kappa shape index (κ1) is 20.4. The molecule has 7 nitrogen and oxygen atoms in total. The minimum absolute atomic E-state index is 0.109. The second-order valence-electron chi connectivity index (χ2n) is 6.22. The van der Waals surface area contributed by atoms with Crippen LogP contribution in [0.15, 0.2) is 18.2 Å². The molecule has 0 fully saturated rings. The smallest absolute Gasteiger partial charge is 0.429 e. The summed E-state index contributed by atoms with van der Waals surface area (Å²) < 4.78 is 62.0. The molecule has 0 aromatic heterocycles. The molecule has 0 heterocycles. The lowest BCUT2D eigenvalue weighted by Gasteiger charge is -2.25. The van der Waals surface area contributed by atoms with Gasteiger partial charge in [-0.1, -0.05) is 0 Å². The lowest BCUT2D eigenvalue weighted by atomic mass is 9.90. The fourth-order valence-electron chi connectivity index (χ4n) is 1.63. The van der Waals surface area contributed by atoms with E-state index in [0.29, 0.717) is 0 Å². The van der Waals surface area contributed by atoms with Crippen molar-refractivity contribution in [1.29, 1.82) is 0 Å². The zero-order valence-corrected chi connectivity index (χ0v) is 14.1. The maximum Gasteiger partial charge on any atom is 0.429 e. The van der Waals surface area contributed by atoms with Crippen molar-refractivity contribution in [3.05, 3.63) is 29.3 Å². The standard InChI is InChI=1S/C14H18F2O7S/c1-12(2,18)8-5-9(13(3,4)19)7-10(6-8)23-11(17)14(15,16)24(20,21)22/h5-7,18-19H,1-4H3,(H,20,21,22)/p-1. The molecule has 0 unspecified atom stereocenters. The average molecular weight is 367 g/mol. The van der Waals surface area contributed by atoms with Gasteiger partial charge in [0.1, 0.15) is 5.75 Å². The zero-order valence-electron chi connectivity index (χ0n) is 13.3. The first-order valence-corrected chi connectivity index (χ1v) is 8.03. The van der Waals surface area contributed by atoms with Gasteiger partial charge in [0.05, 0.1) is 11.2 Å². The molecule has 1 aromatic rings. The monoisotopic (exact) mass is 367 g/mol. The fraction of sp³-hybridized carbons (Fsp3) is 0.500. The minimum Gasteiger partial charge on any atom is -0.743 e. The Labute approximate surface area is 137 Å². The molecule has 0 aliphatic carbocycles. The number of rotatable bonds is 5. The summed E-state index contributed by atoms with van der Waals surface area (Å²) in [7, 11) is -6.26. The molecular formula is C14H17F2O7S-. The van der Waals surface area contributed by atoms with Crippen LogP contribution >= 0.6 is 0 Å². The van der Waals surface area contributed by atoms with E-state index in [9.17, 15) is 36.8 Å². The summed E-state index contributed by atoms with van der Waals surface area (Å²) in [5.41, 5.74) is -2.73. The maximum atomic E-state index is 13.2. The van der Waals surface area contributed by atoms with Crippen LogP contribution in [0.4, 0.5) is 8.78 Å². The van der Waals surface area contributed by atoms with Gasteiger partial charge in [-0.2, -0.15) is 8.78 Å². The lowest BCUT2D eigenvalue weighted by molar-refractivity contribution is -0.151. The van der Waals surface area contributed by atoms with Gasteiger partial charge in [-0.3, -0.25) is 0 Å². The summed E-state index contributed by atoms with van der Waals surface area (Å²) in [4.78, 5) is 11.3. The van der Waals surface area contributed by atoms with Crippen LogP contribution in [0.5, 0.6) is 5.75 Å². The Kier molecular flexibility index (Phi) is 5.13. The topological polar surface area (TPSA) is 124 Å². The van der Waals surface area contributed by atoms with Crippen LogP contribution in [-0.2, 0) is 26.1 Å². The van der Waals surface area contributed by atoms with Crippen LogP contribution in [0.1, 0.15) is 38.8 Å². The van der Waals surface area contributed by atoms with Crippen LogP contribution in [0.2, 0.25) is 0 Å². The molecule has 0 bridgehead atoms. The van der Waals surface area contributed by atoms with Gasteiger partial charge in [-0.15, -0.1) is 0 Å². The molecule has 0 aliphatic heterocycles. The number of alkyl halides is 2. The van der Waals surface area contributed by atoms with E-state index in [-0.39, 0.29) is 11.1 Å². The molecule has 10 heteroatoms. The number of carbonyl (C=O) groups is 1. The normalized spacial score (nSPS) is 13.7. The molecule has 1 rings (SSSR count). The van der Waals surface area contributed by atoms with E-state index in [1.54, 1.807) is 0 Å². The number of ether oxygens (including phenoxy) is 1. The zero-order chi connectivity index (χ0) is 19.1. The quantitative estimate of drug-likeness (QED) is 0.455. The third kappa shape index (κ3) is 4.47. The molecule has 136 valence electrons.